The third-order valence-corrected chi connectivity index (χ3v) is 6.77. The van der Waals surface area contributed by atoms with Crippen LogP contribution in [-0.4, -0.2) is 41.3 Å². The molecule has 1 atom stereocenters. The van der Waals surface area contributed by atoms with Crippen molar-refractivity contribution in [2.45, 2.75) is 26.8 Å². The maximum absolute atomic E-state index is 13.5. The first-order valence-corrected chi connectivity index (χ1v) is 13.4. The fourth-order valence-corrected chi connectivity index (χ4v) is 4.88. The second kappa shape index (κ2) is 10.1. The normalized spacial score (nSPS) is 12.2. The first-order chi connectivity index (χ1) is 18.2. The molecule has 1 amide bonds. The predicted molar refractivity (Wildman–Crippen MR) is 151 cm³/mol. The summed E-state index contributed by atoms with van der Waals surface area (Å²) in [4.78, 5) is 39.8. The second-order valence-electron chi connectivity index (χ2n) is 8.96. The number of hydrogen-bond donors (Lipinski definition) is 2. The summed E-state index contributed by atoms with van der Waals surface area (Å²) in [6.45, 7) is 5.71. The highest BCUT2D eigenvalue weighted by Gasteiger charge is 2.20. The monoisotopic (exact) mass is 548 g/mol. The van der Waals surface area contributed by atoms with Crippen molar-refractivity contribution in [1.82, 2.24) is 33.9 Å². The van der Waals surface area contributed by atoms with Gasteiger partial charge in [0, 0.05) is 30.6 Å². The van der Waals surface area contributed by atoms with E-state index in [0.29, 0.717) is 33.9 Å². The molecule has 12 heteroatoms. The van der Waals surface area contributed by atoms with Gasteiger partial charge in [0.1, 0.15) is 16.8 Å². The molecule has 4 aromatic heterocycles. The average molecular weight is 549 g/mol. The van der Waals surface area contributed by atoms with Gasteiger partial charge in [-0.1, -0.05) is 29.6 Å². The van der Waals surface area contributed by atoms with Crippen LogP contribution in [0.15, 0.2) is 47.4 Å². The Kier molecular flexibility index (Phi) is 6.80. The quantitative estimate of drug-likeness (QED) is 0.235. The molecule has 0 spiro atoms. The Bertz CT molecular complexity index is 1780. The number of amides is 1. The Labute approximate surface area is 227 Å². The van der Waals surface area contributed by atoms with E-state index in [-0.39, 0.29) is 28.4 Å². The summed E-state index contributed by atoms with van der Waals surface area (Å²) in [5, 5.41) is 8.42. The molecule has 10 nitrogen and oxygen atoms in total. The minimum atomic E-state index is -0.364. The van der Waals surface area contributed by atoms with Crippen molar-refractivity contribution in [3.8, 4) is 11.4 Å². The van der Waals surface area contributed by atoms with Gasteiger partial charge >= 0.3 is 0 Å². The molecule has 38 heavy (non-hydrogen) atoms. The smallest absolute Gasteiger partial charge is 0.281 e. The van der Waals surface area contributed by atoms with Crippen LogP contribution in [0.1, 0.15) is 40.4 Å². The van der Waals surface area contributed by atoms with Crippen LogP contribution in [0.2, 0.25) is 5.15 Å². The zero-order valence-electron chi connectivity index (χ0n) is 21.4. The molecule has 1 aromatic carbocycles. The summed E-state index contributed by atoms with van der Waals surface area (Å²) in [6.07, 6.45) is 3.55. The number of aromatic nitrogens is 6. The zero-order valence-corrected chi connectivity index (χ0v) is 23.0. The van der Waals surface area contributed by atoms with E-state index in [0.717, 1.165) is 16.7 Å². The van der Waals surface area contributed by atoms with Crippen molar-refractivity contribution in [3.05, 3.63) is 80.7 Å². The fourth-order valence-electron chi connectivity index (χ4n) is 4.45. The molecule has 0 saturated heterocycles. The second-order valence-corrected chi connectivity index (χ2v) is 9.96. The maximum Gasteiger partial charge on any atom is 0.281 e. The highest BCUT2D eigenvalue weighted by Crippen LogP contribution is 2.29. The number of carbonyl (C=O) groups excluding carboxylic acids is 1. The highest BCUT2D eigenvalue weighted by molar-refractivity contribution is 7.97. The Morgan fingerprint density at radius 2 is 1.89 bits per heavy atom. The topological polar surface area (TPSA) is 119 Å². The van der Waals surface area contributed by atoms with E-state index in [1.165, 1.54) is 11.9 Å². The summed E-state index contributed by atoms with van der Waals surface area (Å²) in [6, 6.07) is 10.6. The predicted octanol–water partition coefficient (Wildman–Crippen LogP) is 4.49. The molecule has 0 aliphatic heterocycles. The minimum Gasteiger partial charge on any atom is -0.377 e. The van der Waals surface area contributed by atoms with Crippen LogP contribution in [0.3, 0.4) is 0 Å². The van der Waals surface area contributed by atoms with Gasteiger partial charge in [0.25, 0.3) is 11.5 Å². The molecule has 1 unspecified atom stereocenters. The first-order valence-electron chi connectivity index (χ1n) is 11.8. The average Bonchev–Trinajstić information content (AvgIpc) is 3.26. The summed E-state index contributed by atoms with van der Waals surface area (Å²) in [5.41, 5.74) is 4.25. The van der Waals surface area contributed by atoms with Crippen molar-refractivity contribution in [1.29, 1.82) is 0 Å². The van der Waals surface area contributed by atoms with Gasteiger partial charge in [0.15, 0.2) is 11.3 Å². The van der Waals surface area contributed by atoms with Crippen LogP contribution < -0.4 is 15.6 Å². The van der Waals surface area contributed by atoms with E-state index >= 15 is 0 Å². The Hall–Kier alpha value is -3.96. The molecule has 4 heterocycles. The molecule has 194 valence electrons. The Morgan fingerprint density at radius 1 is 1.11 bits per heavy atom. The lowest BCUT2D eigenvalue weighted by Crippen LogP contribution is -2.22. The van der Waals surface area contributed by atoms with Crippen molar-refractivity contribution in [3.63, 3.8) is 0 Å². The summed E-state index contributed by atoms with van der Waals surface area (Å²) < 4.78 is 5.92. The number of nitrogens with zero attached hydrogens (tertiary/aromatic N) is 6. The number of nitrogens with one attached hydrogen (secondary N) is 2. The van der Waals surface area contributed by atoms with Gasteiger partial charge in [-0.05, 0) is 56.7 Å². The minimum absolute atomic E-state index is 0.159. The summed E-state index contributed by atoms with van der Waals surface area (Å²) >= 11 is 7.25. The SMILES string of the molecule is CSNC(=O)c1nc(Cl)ccc1NC(C)c1cc(C)cc2c(=O)n(C)c(-c3ccn4nc(C)nc4c3)nc12. The number of pyridine rings is 2. The third kappa shape index (κ3) is 4.70. The molecule has 0 aliphatic rings. The number of anilines is 1. The molecule has 0 radical (unpaired) electrons. The van der Waals surface area contributed by atoms with Gasteiger partial charge < -0.3 is 5.32 Å². The lowest BCUT2D eigenvalue weighted by molar-refractivity contribution is 0.0980. The number of halogens is 1. The molecular formula is C26H25ClN8O2S. The fraction of sp³-hybridized carbons (Fsp3) is 0.231. The molecule has 0 fully saturated rings. The maximum atomic E-state index is 13.5. The van der Waals surface area contributed by atoms with E-state index in [9.17, 15) is 9.59 Å². The van der Waals surface area contributed by atoms with Crippen LogP contribution in [-0.2, 0) is 7.05 Å². The van der Waals surface area contributed by atoms with Gasteiger partial charge in [-0.25, -0.2) is 19.5 Å². The Morgan fingerprint density at radius 3 is 2.66 bits per heavy atom. The van der Waals surface area contributed by atoms with Crippen LogP contribution in [0.25, 0.3) is 27.9 Å². The third-order valence-electron chi connectivity index (χ3n) is 6.17. The van der Waals surface area contributed by atoms with Gasteiger partial charge in [-0.2, -0.15) is 5.10 Å². The molecular weight excluding hydrogens is 524 g/mol. The van der Waals surface area contributed by atoms with E-state index in [2.05, 4.69) is 25.1 Å². The van der Waals surface area contributed by atoms with Gasteiger partial charge in [0.2, 0.25) is 0 Å². The lowest BCUT2D eigenvalue weighted by atomic mass is 10.0. The van der Waals surface area contributed by atoms with Crippen molar-refractivity contribution in [2.75, 3.05) is 11.6 Å². The number of aryl methyl sites for hydroxylation is 2. The molecule has 0 saturated carbocycles. The van der Waals surface area contributed by atoms with Gasteiger partial charge in [-0.3, -0.25) is 18.9 Å². The number of benzene rings is 1. The number of carbonyl (C=O) groups is 1. The molecule has 5 aromatic rings. The highest BCUT2D eigenvalue weighted by atomic mass is 35.5. The van der Waals surface area contributed by atoms with Crippen LogP contribution in [0.5, 0.6) is 0 Å². The van der Waals surface area contributed by atoms with Crippen molar-refractivity contribution in [2.24, 2.45) is 7.05 Å². The van der Waals surface area contributed by atoms with E-state index < -0.39 is 0 Å². The molecule has 0 bridgehead atoms. The molecule has 2 N–H and O–H groups in total. The van der Waals surface area contributed by atoms with E-state index in [1.54, 1.807) is 40.7 Å². The van der Waals surface area contributed by atoms with Crippen LogP contribution in [0, 0.1) is 13.8 Å². The van der Waals surface area contributed by atoms with E-state index in [4.69, 9.17) is 16.6 Å². The van der Waals surface area contributed by atoms with Crippen LogP contribution >= 0.6 is 23.5 Å². The van der Waals surface area contributed by atoms with Crippen LogP contribution in [0.4, 0.5) is 5.69 Å². The Balaban J connectivity index is 1.64. The number of fused-ring (bicyclic) bond motifs is 2. The standard InChI is InChI=1S/C26H25ClN8O2S/c1-13-10-17(14(2)28-19-6-7-20(27)30-23(19)25(36)33-38-5)22-18(11-13)26(37)34(4)24(31-22)16-8-9-35-21(12-16)29-15(3)32-35/h6-12,14,28H,1-5H3,(H,33,36). The first kappa shape index (κ1) is 25.7. The molecule has 5 rings (SSSR count). The summed E-state index contributed by atoms with van der Waals surface area (Å²) in [5.74, 6) is 0.802. The molecule has 0 aliphatic carbocycles. The lowest BCUT2D eigenvalue weighted by Gasteiger charge is -2.20. The van der Waals surface area contributed by atoms with Crippen molar-refractivity contribution >= 4 is 51.7 Å². The largest absolute Gasteiger partial charge is 0.377 e. The van der Waals surface area contributed by atoms with Gasteiger partial charge in [-0.15, -0.1) is 0 Å². The number of rotatable bonds is 6. The summed E-state index contributed by atoms with van der Waals surface area (Å²) in [7, 11) is 1.71. The number of hydrogen-bond acceptors (Lipinski definition) is 8. The zero-order chi connectivity index (χ0) is 27.1. The van der Waals surface area contributed by atoms with E-state index in [1.807, 2.05) is 45.0 Å². The van der Waals surface area contributed by atoms with Crippen molar-refractivity contribution < 1.29 is 4.79 Å². The van der Waals surface area contributed by atoms with Gasteiger partial charge in [0.05, 0.1) is 22.6 Å².